The van der Waals surface area contributed by atoms with Crippen LogP contribution in [0.3, 0.4) is 0 Å². The first-order valence-electron chi connectivity index (χ1n) is 6.57. The van der Waals surface area contributed by atoms with Crippen molar-refractivity contribution >= 4 is 6.03 Å². The van der Waals surface area contributed by atoms with E-state index in [-0.39, 0.29) is 6.03 Å². The van der Waals surface area contributed by atoms with E-state index in [2.05, 4.69) is 29.1 Å². The molecule has 1 aromatic carbocycles. The number of ether oxygens (including phenoxy) is 1. The Labute approximate surface area is 120 Å². The monoisotopic (exact) mass is 272 g/mol. The summed E-state index contributed by atoms with van der Waals surface area (Å²) in [6.07, 6.45) is 2.60. The zero-order valence-corrected chi connectivity index (χ0v) is 11.7. The number of benzene rings is 1. The Morgan fingerprint density at radius 1 is 1.35 bits per heavy atom. The summed E-state index contributed by atoms with van der Waals surface area (Å²) in [4.78, 5) is 11.1. The molecule has 0 heterocycles. The minimum absolute atomic E-state index is 0.209. The van der Waals surface area contributed by atoms with Crippen LogP contribution in [0.5, 0.6) is 5.75 Å². The summed E-state index contributed by atoms with van der Waals surface area (Å²) in [6.45, 7) is 6.79. The van der Waals surface area contributed by atoms with Crippen molar-refractivity contribution in [3.8, 4) is 17.6 Å². The molecule has 0 atom stereocenters. The summed E-state index contributed by atoms with van der Waals surface area (Å²) in [7, 11) is 0. The molecule has 0 aliphatic carbocycles. The molecule has 20 heavy (non-hydrogen) atoms. The minimum Gasteiger partial charge on any atom is -0.481 e. The number of allylic oxidation sites excluding steroid dienone is 1. The van der Waals surface area contributed by atoms with E-state index >= 15 is 0 Å². The van der Waals surface area contributed by atoms with Gasteiger partial charge in [-0.1, -0.05) is 36.1 Å². The average molecular weight is 272 g/mol. The molecule has 1 rings (SSSR count). The molecule has 0 aromatic heterocycles. The lowest BCUT2D eigenvalue weighted by Gasteiger charge is -2.07. The second-order valence-electron chi connectivity index (χ2n) is 3.96. The van der Waals surface area contributed by atoms with Gasteiger partial charge in [0.25, 0.3) is 0 Å². The fourth-order valence-corrected chi connectivity index (χ4v) is 1.54. The number of rotatable bonds is 6. The minimum atomic E-state index is -0.209. The topological polar surface area (TPSA) is 50.4 Å². The van der Waals surface area contributed by atoms with Gasteiger partial charge < -0.3 is 15.4 Å². The van der Waals surface area contributed by atoms with E-state index in [0.717, 1.165) is 17.7 Å². The van der Waals surface area contributed by atoms with Gasteiger partial charge in [0, 0.05) is 6.54 Å². The molecule has 0 bridgehead atoms. The first kappa shape index (κ1) is 15.6. The Morgan fingerprint density at radius 2 is 2.15 bits per heavy atom. The van der Waals surface area contributed by atoms with Crippen LogP contribution in [0.1, 0.15) is 12.5 Å². The molecule has 0 radical (unpaired) electrons. The predicted octanol–water partition coefficient (Wildman–Crippen LogP) is 2.12. The molecular weight excluding hydrogens is 252 g/mol. The van der Waals surface area contributed by atoms with Crippen LogP contribution in [0.2, 0.25) is 0 Å². The molecule has 0 aliphatic rings. The van der Waals surface area contributed by atoms with Crippen LogP contribution in [0.25, 0.3) is 0 Å². The van der Waals surface area contributed by atoms with Crippen LogP contribution in [0.15, 0.2) is 36.9 Å². The van der Waals surface area contributed by atoms with E-state index < -0.39 is 0 Å². The Hall–Kier alpha value is -2.41. The van der Waals surface area contributed by atoms with Gasteiger partial charge in [-0.25, -0.2) is 4.79 Å². The lowest BCUT2D eigenvalue weighted by Crippen LogP contribution is -2.35. The number of carbonyl (C=O) groups excluding carboxylic acids is 1. The first-order chi connectivity index (χ1) is 9.77. The molecule has 0 unspecified atom stereocenters. The van der Waals surface area contributed by atoms with Gasteiger partial charge in [0.1, 0.15) is 12.4 Å². The van der Waals surface area contributed by atoms with Crippen molar-refractivity contribution in [2.75, 3.05) is 19.7 Å². The molecule has 0 spiro atoms. The molecule has 2 amide bonds. The van der Waals surface area contributed by atoms with E-state index in [1.807, 2.05) is 37.3 Å². The maximum absolute atomic E-state index is 11.1. The highest BCUT2D eigenvalue weighted by atomic mass is 16.5. The smallest absolute Gasteiger partial charge is 0.315 e. The molecule has 4 nitrogen and oxygen atoms in total. The van der Waals surface area contributed by atoms with E-state index in [4.69, 9.17) is 4.74 Å². The molecule has 0 saturated carbocycles. The highest BCUT2D eigenvalue weighted by Gasteiger charge is 1.99. The molecule has 0 fully saturated rings. The van der Waals surface area contributed by atoms with Gasteiger partial charge in [-0.2, -0.15) is 0 Å². The molecule has 106 valence electrons. The molecule has 4 heteroatoms. The number of urea groups is 1. The molecular formula is C16H20N2O2. The van der Waals surface area contributed by atoms with E-state index in [0.29, 0.717) is 19.7 Å². The Bertz CT molecular complexity index is 501. The zero-order valence-electron chi connectivity index (χ0n) is 11.7. The maximum atomic E-state index is 11.1. The fourth-order valence-electron chi connectivity index (χ4n) is 1.54. The Balaban J connectivity index is 2.34. The summed E-state index contributed by atoms with van der Waals surface area (Å²) < 4.78 is 5.59. The Kier molecular flexibility index (Phi) is 7.44. The number of nitrogens with one attached hydrogen (secondary N) is 2. The third kappa shape index (κ3) is 5.96. The van der Waals surface area contributed by atoms with Gasteiger partial charge in [-0.3, -0.25) is 0 Å². The van der Waals surface area contributed by atoms with Crippen LogP contribution in [0, 0.1) is 11.8 Å². The van der Waals surface area contributed by atoms with Crippen LogP contribution in [0.4, 0.5) is 4.79 Å². The van der Waals surface area contributed by atoms with Crippen molar-refractivity contribution in [2.24, 2.45) is 0 Å². The lowest BCUT2D eigenvalue weighted by atomic mass is 10.1. The molecule has 0 aliphatic heterocycles. The van der Waals surface area contributed by atoms with Crippen molar-refractivity contribution in [2.45, 2.75) is 13.3 Å². The SMILES string of the molecule is C=CCc1ccccc1OCC#CCNC(=O)NCC. The largest absolute Gasteiger partial charge is 0.481 e. The average Bonchev–Trinajstić information content (AvgIpc) is 2.45. The van der Waals surface area contributed by atoms with Crippen LogP contribution >= 0.6 is 0 Å². The highest BCUT2D eigenvalue weighted by molar-refractivity contribution is 5.73. The van der Waals surface area contributed by atoms with E-state index in [1.165, 1.54) is 0 Å². The Morgan fingerprint density at radius 3 is 2.90 bits per heavy atom. The maximum Gasteiger partial charge on any atom is 0.315 e. The van der Waals surface area contributed by atoms with E-state index in [9.17, 15) is 4.79 Å². The third-order valence-electron chi connectivity index (χ3n) is 2.44. The summed E-state index contributed by atoms with van der Waals surface area (Å²) in [5.74, 6) is 6.51. The number of hydrogen-bond acceptors (Lipinski definition) is 2. The summed E-state index contributed by atoms with van der Waals surface area (Å²) in [6, 6.07) is 7.59. The highest BCUT2D eigenvalue weighted by Crippen LogP contribution is 2.18. The van der Waals surface area contributed by atoms with Gasteiger partial charge in [0.2, 0.25) is 0 Å². The standard InChI is InChI=1S/C16H20N2O2/c1-3-9-14-10-5-6-11-15(14)20-13-8-7-12-18-16(19)17-4-2/h3,5-6,10-11H,1,4,9,12-13H2,2H3,(H2,17,18,19). The van der Waals surface area contributed by atoms with Gasteiger partial charge >= 0.3 is 6.03 Å². The van der Waals surface area contributed by atoms with Gasteiger partial charge in [-0.05, 0) is 25.0 Å². The number of carbonyl (C=O) groups is 1. The number of hydrogen-bond donors (Lipinski definition) is 2. The third-order valence-corrected chi connectivity index (χ3v) is 2.44. The number of amides is 2. The molecule has 2 N–H and O–H groups in total. The lowest BCUT2D eigenvalue weighted by molar-refractivity contribution is 0.242. The van der Waals surface area contributed by atoms with Crippen LogP contribution in [-0.2, 0) is 6.42 Å². The second-order valence-corrected chi connectivity index (χ2v) is 3.96. The molecule has 0 saturated heterocycles. The first-order valence-corrected chi connectivity index (χ1v) is 6.57. The summed E-state index contributed by atoms with van der Waals surface area (Å²) >= 11 is 0. The van der Waals surface area contributed by atoms with Gasteiger partial charge in [-0.15, -0.1) is 6.58 Å². The zero-order chi connectivity index (χ0) is 14.6. The second kappa shape index (κ2) is 9.51. The summed E-state index contributed by atoms with van der Waals surface area (Å²) in [5, 5.41) is 5.25. The van der Waals surface area contributed by atoms with Crippen molar-refractivity contribution < 1.29 is 9.53 Å². The van der Waals surface area contributed by atoms with Crippen LogP contribution < -0.4 is 15.4 Å². The van der Waals surface area contributed by atoms with Crippen LogP contribution in [-0.4, -0.2) is 25.7 Å². The van der Waals surface area contributed by atoms with Crippen molar-refractivity contribution in [3.63, 3.8) is 0 Å². The summed E-state index contributed by atoms with van der Waals surface area (Å²) in [5.41, 5.74) is 1.09. The fraction of sp³-hybridized carbons (Fsp3) is 0.312. The molecule has 1 aromatic rings. The van der Waals surface area contributed by atoms with Crippen molar-refractivity contribution in [3.05, 3.63) is 42.5 Å². The van der Waals surface area contributed by atoms with E-state index in [1.54, 1.807) is 0 Å². The quantitative estimate of drug-likeness (QED) is 0.615. The van der Waals surface area contributed by atoms with Crippen molar-refractivity contribution in [1.82, 2.24) is 10.6 Å². The predicted molar refractivity (Wildman–Crippen MR) is 80.7 cm³/mol. The normalized spacial score (nSPS) is 9.05. The van der Waals surface area contributed by atoms with Gasteiger partial charge in [0.15, 0.2) is 0 Å². The van der Waals surface area contributed by atoms with Crippen molar-refractivity contribution in [1.29, 1.82) is 0 Å². The number of para-hydroxylation sites is 1. The van der Waals surface area contributed by atoms with Gasteiger partial charge in [0.05, 0.1) is 6.54 Å².